The summed E-state index contributed by atoms with van der Waals surface area (Å²) in [5.74, 6) is 0.393. The van der Waals surface area contributed by atoms with E-state index in [9.17, 15) is 9.18 Å². The monoisotopic (exact) mass is 464 g/mol. The first-order chi connectivity index (χ1) is 11.2. The Morgan fingerprint density at radius 1 is 1.28 bits per heavy atom. The van der Waals surface area contributed by atoms with E-state index >= 15 is 0 Å². The van der Waals surface area contributed by atoms with Gasteiger partial charge >= 0.3 is 0 Å². The number of nitrogens with one attached hydrogen (secondary N) is 3. The topological polar surface area (TPSA) is 65.5 Å². The molecule has 0 saturated carbocycles. The van der Waals surface area contributed by atoms with E-state index < -0.39 is 0 Å². The van der Waals surface area contributed by atoms with Gasteiger partial charge in [-0.15, -0.1) is 24.0 Å². The zero-order valence-corrected chi connectivity index (χ0v) is 18.0. The van der Waals surface area contributed by atoms with Crippen LogP contribution in [0.15, 0.2) is 29.3 Å². The molecule has 25 heavy (non-hydrogen) atoms. The SMILES string of the molecule is CN=C(NCCC(=O)NC(C)C)NCC(C)(C)c1cccc(F)c1.I. The molecule has 1 aromatic carbocycles. The zero-order valence-electron chi connectivity index (χ0n) is 15.6. The number of carbonyl (C=O) groups excluding carboxylic acids is 1. The highest BCUT2D eigenvalue weighted by molar-refractivity contribution is 14.0. The average Bonchev–Trinajstić information content (AvgIpc) is 2.50. The number of carbonyl (C=O) groups is 1. The van der Waals surface area contributed by atoms with Crippen LogP contribution in [0.25, 0.3) is 0 Å². The van der Waals surface area contributed by atoms with E-state index in [-0.39, 0.29) is 47.2 Å². The van der Waals surface area contributed by atoms with Gasteiger partial charge < -0.3 is 16.0 Å². The number of hydrogen-bond donors (Lipinski definition) is 3. The Morgan fingerprint density at radius 2 is 1.96 bits per heavy atom. The minimum absolute atomic E-state index is 0. The standard InChI is InChI=1S/C18H29FN4O.HI/c1-13(2)23-16(24)9-10-21-17(20-5)22-12-18(3,4)14-7-6-8-15(19)11-14;/h6-8,11,13H,9-10,12H2,1-5H3,(H,23,24)(H2,20,21,22);1H. The van der Waals surface area contributed by atoms with E-state index in [1.165, 1.54) is 6.07 Å². The molecule has 0 fully saturated rings. The van der Waals surface area contributed by atoms with Crippen LogP contribution < -0.4 is 16.0 Å². The maximum absolute atomic E-state index is 13.4. The molecule has 0 saturated heterocycles. The molecule has 142 valence electrons. The lowest BCUT2D eigenvalue weighted by molar-refractivity contribution is -0.121. The van der Waals surface area contributed by atoms with E-state index in [2.05, 4.69) is 20.9 Å². The fourth-order valence-electron chi connectivity index (χ4n) is 2.23. The molecule has 1 aromatic rings. The smallest absolute Gasteiger partial charge is 0.221 e. The summed E-state index contributed by atoms with van der Waals surface area (Å²) >= 11 is 0. The molecule has 0 aliphatic carbocycles. The van der Waals surface area contributed by atoms with Crippen molar-refractivity contribution in [3.8, 4) is 0 Å². The molecule has 0 aromatic heterocycles. The first-order valence-corrected chi connectivity index (χ1v) is 8.24. The van der Waals surface area contributed by atoms with E-state index in [0.717, 1.165) is 5.56 Å². The first kappa shape index (κ1) is 23.6. The third-order valence-electron chi connectivity index (χ3n) is 3.62. The van der Waals surface area contributed by atoms with Crippen LogP contribution in [0.3, 0.4) is 0 Å². The van der Waals surface area contributed by atoms with Crippen LogP contribution in [0.5, 0.6) is 0 Å². The minimum atomic E-state index is -0.255. The lowest BCUT2D eigenvalue weighted by atomic mass is 9.84. The summed E-state index contributed by atoms with van der Waals surface area (Å²) in [5.41, 5.74) is 0.663. The number of benzene rings is 1. The Hall–Kier alpha value is -1.38. The van der Waals surface area contributed by atoms with E-state index in [1.54, 1.807) is 19.2 Å². The van der Waals surface area contributed by atoms with Gasteiger partial charge in [0.15, 0.2) is 5.96 Å². The van der Waals surface area contributed by atoms with Gasteiger partial charge in [0, 0.05) is 38.0 Å². The molecule has 1 amide bonds. The molecule has 3 N–H and O–H groups in total. The molecule has 0 unspecified atom stereocenters. The van der Waals surface area contributed by atoms with Crippen molar-refractivity contribution in [1.29, 1.82) is 0 Å². The fraction of sp³-hybridized carbons (Fsp3) is 0.556. The number of amides is 1. The normalized spacial score (nSPS) is 11.7. The predicted octanol–water partition coefficient (Wildman–Crippen LogP) is 2.80. The fourth-order valence-corrected chi connectivity index (χ4v) is 2.23. The molecular formula is C18H30FIN4O. The van der Waals surface area contributed by atoms with Crippen molar-refractivity contribution >= 4 is 35.8 Å². The van der Waals surface area contributed by atoms with Crippen molar-refractivity contribution in [2.45, 2.75) is 45.6 Å². The van der Waals surface area contributed by atoms with Crippen LogP contribution >= 0.6 is 24.0 Å². The van der Waals surface area contributed by atoms with Crippen LogP contribution in [-0.4, -0.2) is 38.0 Å². The van der Waals surface area contributed by atoms with Crippen LogP contribution in [0, 0.1) is 5.82 Å². The summed E-state index contributed by atoms with van der Waals surface area (Å²) < 4.78 is 13.4. The van der Waals surface area contributed by atoms with Gasteiger partial charge in [0.05, 0.1) is 0 Å². The Labute approximate surface area is 167 Å². The summed E-state index contributed by atoms with van der Waals surface area (Å²) in [6, 6.07) is 6.76. The van der Waals surface area contributed by atoms with Crippen molar-refractivity contribution in [3.63, 3.8) is 0 Å². The van der Waals surface area contributed by atoms with Crippen LogP contribution in [-0.2, 0) is 10.2 Å². The van der Waals surface area contributed by atoms with Gasteiger partial charge in [0.2, 0.25) is 5.91 Å². The molecule has 0 bridgehead atoms. The number of guanidine groups is 1. The lowest BCUT2D eigenvalue weighted by Crippen LogP contribution is -2.44. The number of nitrogens with zero attached hydrogens (tertiary/aromatic N) is 1. The number of aliphatic imine (C=N–C) groups is 1. The molecule has 1 rings (SSSR count). The third kappa shape index (κ3) is 9.04. The largest absolute Gasteiger partial charge is 0.356 e. The van der Waals surface area contributed by atoms with Crippen LogP contribution in [0.2, 0.25) is 0 Å². The van der Waals surface area contributed by atoms with Gasteiger partial charge in [-0.3, -0.25) is 9.79 Å². The van der Waals surface area contributed by atoms with Gasteiger partial charge in [-0.25, -0.2) is 4.39 Å². The van der Waals surface area contributed by atoms with Gasteiger partial charge in [-0.1, -0.05) is 26.0 Å². The molecule has 0 atom stereocenters. The highest BCUT2D eigenvalue weighted by Crippen LogP contribution is 2.22. The van der Waals surface area contributed by atoms with Crippen molar-refractivity contribution in [1.82, 2.24) is 16.0 Å². The Balaban J connectivity index is 0.00000576. The quantitative estimate of drug-likeness (QED) is 0.331. The second-order valence-corrected chi connectivity index (χ2v) is 6.72. The lowest BCUT2D eigenvalue weighted by Gasteiger charge is -2.26. The number of halogens is 2. The van der Waals surface area contributed by atoms with E-state index in [0.29, 0.717) is 25.5 Å². The molecule has 0 aliphatic heterocycles. The molecule has 0 spiro atoms. The highest BCUT2D eigenvalue weighted by atomic mass is 127. The third-order valence-corrected chi connectivity index (χ3v) is 3.62. The summed E-state index contributed by atoms with van der Waals surface area (Å²) in [4.78, 5) is 15.8. The maximum Gasteiger partial charge on any atom is 0.221 e. The second kappa shape index (κ2) is 11.3. The molecule has 7 heteroatoms. The molecule has 0 heterocycles. The molecule has 0 radical (unpaired) electrons. The first-order valence-electron chi connectivity index (χ1n) is 8.24. The predicted molar refractivity (Wildman–Crippen MR) is 112 cm³/mol. The van der Waals surface area contributed by atoms with Gasteiger partial charge in [0.25, 0.3) is 0 Å². The summed E-state index contributed by atoms with van der Waals surface area (Å²) in [5, 5.41) is 9.18. The van der Waals surface area contributed by atoms with Gasteiger partial charge in [-0.05, 0) is 31.5 Å². The van der Waals surface area contributed by atoms with E-state index in [4.69, 9.17) is 0 Å². The van der Waals surface area contributed by atoms with Crippen LogP contribution in [0.1, 0.15) is 39.7 Å². The summed E-state index contributed by atoms with van der Waals surface area (Å²) in [6.07, 6.45) is 0.381. The molecule has 0 aliphatic rings. The Morgan fingerprint density at radius 3 is 2.52 bits per heavy atom. The number of rotatable bonds is 7. The average molecular weight is 464 g/mol. The van der Waals surface area contributed by atoms with Crippen LogP contribution in [0.4, 0.5) is 4.39 Å². The van der Waals surface area contributed by atoms with Crippen molar-refractivity contribution in [3.05, 3.63) is 35.6 Å². The minimum Gasteiger partial charge on any atom is -0.356 e. The van der Waals surface area contributed by atoms with Crippen molar-refractivity contribution in [2.75, 3.05) is 20.1 Å². The maximum atomic E-state index is 13.4. The highest BCUT2D eigenvalue weighted by Gasteiger charge is 2.21. The molecular weight excluding hydrogens is 434 g/mol. The Kier molecular flexibility index (Phi) is 10.7. The van der Waals surface area contributed by atoms with Gasteiger partial charge in [-0.2, -0.15) is 0 Å². The van der Waals surface area contributed by atoms with Gasteiger partial charge in [0.1, 0.15) is 5.82 Å². The second-order valence-electron chi connectivity index (χ2n) is 6.72. The Bertz CT molecular complexity index is 576. The summed E-state index contributed by atoms with van der Waals surface area (Å²) in [6.45, 7) is 9.03. The van der Waals surface area contributed by atoms with Crippen molar-refractivity contribution in [2.24, 2.45) is 4.99 Å². The zero-order chi connectivity index (χ0) is 18.2. The van der Waals surface area contributed by atoms with Crippen molar-refractivity contribution < 1.29 is 9.18 Å². The molecule has 5 nitrogen and oxygen atoms in total. The van der Waals surface area contributed by atoms with E-state index in [1.807, 2.05) is 33.8 Å². The number of hydrogen-bond acceptors (Lipinski definition) is 2. The summed E-state index contributed by atoms with van der Waals surface area (Å²) in [7, 11) is 1.68.